The summed E-state index contributed by atoms with van der Waals surface area (Å²) in [6.45, 7) is 0. The van der Waals surface area contributed by atoms with Crippen LogP contribution in [0.5, 0.6) is 0 Å². The quantitative estimate of drug-likeness (QED) is 0.238. The molecule has 0 aliphatic carbocycles. The van der Waals surface area contributed by atoms with Gasteiger partial charge >= 0.3 is 0 Å². The van der Waals surface area contributed by atoms with Crippen molar-refractivity contribution in [3.05, 3.63) is 105 Å². The molecule has 0 radical (unpaired) electrons. The number of hydrogen-bond donors (Lipinski definition) is 0. The summed E-state index contributed by atoms with van der Waals surface area (Å²) >= 11 is 5.78. The summed E-state index contributed by atoms with van der Waals surface area (Å²) in [5.41, 5.74) is 3.61. The number of nitro groups is 1. The predicted molar refractivity (Wildman–Crippen MR) is 108 cm³/mol. The van der Waals surface area contributed by atoms with Gasteiger partial charge in [0, 0.05) is 35.1 Å². The second-order valence-corrected chi connectivity index (χ2v) is 6.61. The highest BCUT2D eigenvalue weighted by molar-refractivity contribution is 7.71. The first-order valence-electron chi connectivity index (χ1n) is 8.47. The van der Waals surface area contributed by atoms with Crippen molar-refractivity contribution < 1.29 is 9.34 Å². The number of fused-ring (bicyclic) bond motifs is 1. The van der Waals surface area contributed by atoms with Crippen molar-refractivity contribution in [3.8, 4) is 11.3 Å². The molecular formula is C22H15NO3S. The van der Waals surface area contributed by atoms with E-state index in [0.717, 1.165) is 37.9 Å². The van der Waals surface area contributed by atoms with E-state index in [1.165, 1.54) is 12.1 Å². The molecule has 0 atom stereocenters. The van der Waals surface area contributed by atoms with E-state index in [-0.39, 0.29) is 5.69 Å². The first kappa shape index (κ1) is 17.1. The summed E-state index contributed by atoms with van der Waals surface area (Å²) in [6.07, 6.45) is 0.537. The van der Waals surface area contributed by atoms with E-state index >= 15 is 0 Å². The summed E-state index contributed by atoms with van der Waals surface area (Å²) in [5.74, 6) is 0.734. The van der Waals surface area contributed by atoms with E-state index in [9.17, 15) is 10.1 Å². The number of non-ortho nitro benzene ring substituents is 1. The molecule has 4 aromatic rings. The Morgan fingerprint density at radius 1 is 0.889 bits per heavy atom. The van der Waals surface area contributed by atoms with E-state index < -0.39 is 4.92 Å². The van der Waals surface area contributed by atoms with Crippen LogP contribution in [-0.2, 0) is 6.42 Å². The van der Waals surface area contributed by atoms with E-state index in [2.05, 4.69) is 0 Å². The Morgan fingerprint density at radius 2 is 1.56 bits per heavy atom. The van der Waals surface area contributed by atoms with Crippen molar-refractivity contribution in [1.82, 2.24) is 0 Å². The van der Waals surface area contributed by atoms with Gasteiger partial charge in [0.2, 0.25) is 0 Å². The van der Waals surface area contributed by atoms with Crippen molar-refractivity contribution in [2.24, 2.45) is 0 Å². The molecule has 0 amide bonds. The molecule has 0 saturated heterocycles. The zero-order valence-electron chi connectivity index (χ0n) is 14.3. The molecule has 1 heterocycles. The van der Waals surface area contributed by atoms with Gasteiger partial charge in [-0.15, -0.1) is 0 Å². The van der Waals surface area contributed by atoms with Crippen LogP contribution in [0.25, 0.3) is 22.3 Å². The van der Waals surface area contributed by atoms with Crippen LogP contribution >= 0.6 is 12.2 Å². The van der Waals surface area contributed by atoms with Crippen molar-refractivity contribution >= 4 is 28.9 Å². The third kappa shape index (κ3) is 3.37. The highest BCUT2D eigenvalue weighted by Gasteiger charge is 2.15. The van der Waals surface area contributed by atoms with Gasteiger partial charge in [0.1, 0.15) is 11.3 Å². The lowest BCUT2D eigenvalue weighted by Crippen LogP contribution is -1.96. The first-order valence-corrected chi connectivity index (χ1v) is 8.88. The fourth-order valence-corrected chi connectivity index (χ4v) is 3.44. The molecule has 0 aliphatic rings. The zero-order chi connectivity index (χ0) is 18.8. The second kappa shape index (κ2) is 7.13. The Bertz CT molecular complexity index is 1180. The molecule has 0 N–H and O–H groups in total. The third-order valence-corrected chi connectivity index (χ3v) is 4.92. The van der Waals surface area contributed by atoms with Crippen LogP contribution < -0.4 is 0 Å². The predicted octanol–water partition coefficient (Wildman–Crippen LogP) is 6.33. The van der Waals surface area contributed by atoms with E-state index in [4.69, 9.17) is 16.6 Å². The monoisotopic (exact) mass is 373 g/mol. The second-order valence-electron chi connectivity index (χ2n) is 6.20. The minimum Gasteiger partial charge on any atom is -0.456 e. The largest absolute Gasteiger partial charge is 0.456 e. The van der Waals surface area contributed by atoms with Gasteiger partial charge in [-0.05, 0) is 17.7 Å². The fraction of sp³-hybridized carbons (Fsp3) is 0.0455. The number of hydrogen-bond acceptors (Lipinski definition) is 4. The van der Waals surface area contributed by atoms with Crippen LogP contribution in [0.2, 0.25) is 0 Å². The van der Waals surface area contributed by atoms with Crippen LogP contribution in [0.1, 0.15) is 11.1 Å². The topological polar surface area (TPSA) is 56.3 Å². The Balaban J connectivity index is 1.88. The summed E-state index contributed by atoms with van der Waals surface area (Å²) in [5, 5.41) is 11.8. The van der Waals surface area contributed by atoms with Gasteiger partial charge in [0.05, 0.1) is 9.43 Å². The summed E-state index contributed by atoms with van der Waals surface area (Å²) in [6, 6.07) is 24.1. The molecule has 4 rings (SSSR count). The summed E-state index contributed by atoms with van der Waals surface area (Å²) < 4.78 is 6.96. The molecular weight excluding hydrogens is 358 g/mol. The summed E-state index contributed by atoms with van der Waals surface area (Å²) in [4.78, 5) is 10.5. The van der Waals surface area contributed by atoms with Crippen LogP contribution in [0, 0.1) is 14.6 Å². The number of benzene rings is 3. The lowest BCUT2D eigenvalue weighted by Gasteiger charge is -2.12. The van der Waals surface area contributed by atoms with Crippen molar-refractivity contribution in [3.63, 3.8) is 0 Å². The molecule has 0 spiro atoms. The number of nitrogens with zero attached hydrogens (tertiary/aromatic N) is 1. The van der Waals surface area contributed by atoms with Crippen molar-refractivity contribution in [1.29, 1.82) is 0 Å². The third-order valence-electron chi connectivity index (χ3n) is 4.46. The van der Waals surface area contributed by atoms with Gasteiger partial charge in [-0.2, -0.15) is 0 Å². The van der Waals surface area contributed by atoms with E-state index in [1.807, 2.05) is 54.6 Å². The highest BCUT2D eigenvalue weighted by Crippen LogP contribution is 2.32. The Hall–Kier alpha value is -3.31. The fourth-order valence-electron chi connectivity index (χ4n) is 3.10. The lowest BCUT2D eigenvalue weighted by atomic mass is 9.99. The Morgan fingerprint density at radius 3 is 2.26 bits per heavy atom. The van der Waals surface area contributed by atoms with Gasteiger partial charge in [0.25, 0.3) is 5.69 Å². The number of para-hydroxylation sites is 1. The van der Waals surface area contributed by atoms with Gasteiger partial charge < -0.3 is 4.42 Å². The smallest absolute Gasteiger partial charge is 0.269 e. The van der Waals surface area contributed by atoms with Crippen molar-refractivity contribution in [2.45, 2.75) is 6.42 Å². The maximum atomic E-state index is 10.9. The first-order chi connectivity index (χ1) is 13.1. The van der Waals surface area contributed by atoms with Gasteiger partial charge in [-0.1, -0.05) is 66.8 Å². The lowest BCUT2D eigenvalue weighted by molar-refractivity contribution is -0.384. The van der Waals surface area contributed by atoms with Crippen LogP contribution in [0.3, 0.4) is 0 Å². The molecule has 4 nitrogen and oxygen atoms in total. The maximum absolute atomic E-state index is 10.9. The zero-order valence-corrected chi connectivity index (χ0v) is 15.1. The molecule has 5 heteroatoms. The van der Waals surface area contributed by atoms with Crippen molar-refractivity contribution in [2.75, 3.05) is 0 Å². The van der Waals surface area contributed by atoms with E-state index in [1.54, 1.807) is 12.1 Å². The molecule has 0 unspecified atom stereocenters. The van der Waals surface area contributed by atoms with Crippen LogP contribution in [0.4, 0.5) is 5.69 Å². The number of rotatable bonds is 4. The van der Waals surface area contributed by atoms with Crippen LogP contribution in [-0.4, -0.2) is 4.92 Å². The standard InChI is InChI=1S/C22H15NO3S/c24-23(25)17-12-10-15(11-13-17)14-19-21(16-6-2-1-3-7-16)26-20-9-5-4-8-18(20)22(19)27/h1-13H,14H2. The van der Waals surface area contributed by atoms with E-state index in [0.29, 0.717) is 6.42 Å². The molecule has 0 fully saturated rings. The minimum atomic E-state index is -0.400. The Labute approximate surface area is 160 Å². The summed E-state index contributed by atoms with van der Waals surface area (Å²) in [7, 11) is 0. The molecule has 0 bridgehead atoms. The highest BCUT2D eigenvalue weighted by atomic mass is 32.1. The van der Waals surface area contributed by atoms with Crippen LogP contribution in [0.15, 0.2) is 83.3 Å². The van der Waals surface area contributed by atoms with Gasteiger partial charge in [-0.25, -0.2) is 0 Å². The molecule has 0 saturated carbocycles. The minimum absolute atomic E-state index is 0.0730. The average molecular weight is 373 g/mol. The molecule has 27 heavy (non-hydrogen) atoms. The molecule has 1 aromatic heterocycles. The normalized spacial score (nSPS) is 10.8. The molecule has 132 valence electrons. The van der Waals surface area contributed by atoms with Gasteiger partial charge in [-0.3, -0.25) is 10.1 Å². The average Bonchev–Trinajstić information content (AvgIpc) is 2.71. The maximum Gasteiger partial charge on any atom is 0.269 e. The Kier molecular flexibility index (Phi) is 4.52. The van der Waals surface area contributed by atoms with Gasteiger partial charge in [0.15, 0.2) is 0 Å². The SMILES string of the molecule is O=[N+]([O-])c1ccc(Cc2c(-c3ccccc3)oc3ccccc3c2=S)cc1. The number of nitro benzene ring substituents is 1. The molecule has 0 aliphatic heterocycles. The molecule has 3 aromatic carbocycles.